The first-order valence-electron chi connectivity index (χ1n) is 10.8. The van der Waals surface area contributed by atoms with Crippen molar-refractivity contribution in [3.8, 4) is 11.5 Å². The van der Waals surface area contributed by atoms with E-state index < -0.39 is 0 Å². The van der Waals surface area contributed by atoms with Gasteiger partial charge in [0.2, 0.25) is 11.8 Å². The molecule has 0 bridgehead atoms. The van der Waals surface area contributed by atoms with Gasteiger partial charge in [-0.25, -0.2) is 4.98 Å². The summed E-state index contributed by atoms with van der Waals surface area (Å²) in [5, 5.41) is 7.65. The summed E-state index contributed by atoms with van der Waals surface area (Å²) in [6, 6.07) is 7.72. The number of aromatic nitrogens is 3. The summed E-state index contributed by atoms with van der Waals surface area (Å²) in [6.07, 6.45) is 5.55. The van der Waals surface area contributed by atoms with Crippen LogP contribution in [0.15, 0.2) is 28.7 Å². The van der Waals surface area contributed by atoms with Gasteiger partial charge in [0.25, 0.3) is 0 Å². The van der Waals surface area contributed by atoms with Crippen molar-refractivity contribution in [2.45, 2.75) is 66.3 Å². The van der Waals surface area contributed by atoms with Gasteiger partial charge in [-0.2, -0.15) is 5.10 Å². The van der Waals surface area contributed by atoms with Crippen LogP contribution in [0.5, 0.6) is 0 Å². The molecule has 0 radical (unpaired) electrons. The normalized spacial score (nSPS) is 14.8. The molecule has 0 atom stereocenters. The van der Waals surface area contributed by atoms with Crippen LogP contribution in [0.25, 0.3) is 11.5 Å². The molecule has 0 unspecified atom stereocenters. The maximum Gasteiger partial charge on any atom is 0.227 e. The molecule has 0 aliphatic heterocycles. The van der Waals surface area contributed by atoms with Crippen molar-refractivity contribution >= 4 is 11.6 Å². The van der Waals surface area contributed by atoms with Crippen molar-refractivity contribution in [2.75, 3.05) is 5.32 Å². The molecule has 0 saturated heterocycles. The third kappa shape index (κ3) is 4.18. The largest absolute Gasteiger partial charge is 0.441 e. The second-order valence-electron chi connectivity index (χ2n) is 8.38. The van der Waals surface area contributed by atoms with E-state index in [-0.39, 0.29) is 11.8 Å². The number of hydrogen-bond acceptors (Lipinski definition) is 4. The lowest BCUT2D eigenvalue weighted by atomic mass is 9.88. The average Bonchev–Trinajstić information content (AvgIpc) is 3.24. The van der Waals surface area contributed by atoms with Gasteiger partial charge in [0.05, 0.1) is 12.2 Å². The molecule has 158 valence electrons. The molecule has 1 aromatic carbocycles. The SMILES string of the molecule is Cc1nn(Cc2nc(-c3ccc(NC(=O)C4CCCCC4)cc3)oc2C)c(C)c1C. The molecular formula is C24H30N4O2. The standard InChI is InChI=1S/C24H30N4O2/c1-15-16(2)27-28(17(15)3)14-22-18(4)30-24(26-22)20-10-12-21(13-11-20)25-23(29)19-8-6-5-7-9-19/h10-13,19H,5-9,14H2,1-4H3,(H,25,29). The number of nitrogens with one attached hydrogen (secondary N) is 1. The molecule has 2 heterocycles. The van der Waals surface area contributed by atoms with E-state index in [0.29, 0.717) is 12.4 Å². The van der Waals surface area contributed by atoms with E-state index in [2.05, 4.69) is 24.3 Å². The minimum atomic E-state index is 0.136. The predicted octanol–water partition coefficient (Wildman–Crippen LogP) is 5.34. The maximum atomic E-state index is 12.4. The lowest BCUT2D eigenvalue weighted by Gasteiger charge is -2.20. The number of oxazole rings is 1. The zero-order chi connectivity index (χ0) is 21.3. The Balaban J connectivity index is 1.46. The zero-order valence-corrected chi connectivity index (χ0v) is 18.3. The third-order valence-electron chi connectivity index (χ3n) is 6.31. The molecule has 3 aromatic rings. The molecule has 1 N–H and O–H groups in total. The Bertz CT molecular complexity index is 1040. The fourth-order valence-corrected chi connectivity index (χ4v) is 4.09. The Morgan fingerprint density at radius 3 is 2.43 bits per heavy atom. The highest BCUT2D eigenvalue weighted by atomic mass is 16.4. The van der Waals surface area contributed by atoms with E-state index in [1.54, 1.807) is 0 Å². The molecule has 1 saturated carbocycles. The van der Waals surface area contributed by atoms with Crippen molar-refractivity contribution in [3.63, 3.8) is 0 Å². The van der Waals surface area contributed by atoms with Crippen LogP contribution in [-0.4, -0.2) is 20.7 Å². The van der Waals surface area contributed by atoms with E-state index >= 15 is 0 Å². The second kappa shape index (κ2) is 8.46. The van der Waals surface area contributed by atoms with Gasteiger partial charge in [-0.05, 0) is 70.4 Å². The van der Waals surface area contributed by atoms with E-state index in [1.165, 1.54) is 12.0 Å². The Labute approximate surface area is 177 Å². The predicted molar refractivity (Wildman–Crippen MR) is 117 cm³/mol. The van der Waals surface area contributed by atoms with Crippen molar-refractivity contribution in [2.24, 2.45) is 5.92 Å². The number of carbonyl (C=O) groups excluding carboxylic acids is 1. The van der Waals surface area contributed by atoms with Gasteiger partial charge in [0.15, 0.2) is 0 Å². The molecule has 1 fully saturated rings. The van der Waals surface area contributed by atoms with E-state index in [9.17, 15) is 4.79 Å². The monoisotopic (exact) mass is 406 g/mol. The number of anilines is 1. The summed E-state index contributed by atoms with van der Waals surface area (Å²) in [5.41, 5.74) is 5.99. The molecule has 1 aliphatic rings. The summed E-state index contributed by atoms with van der Waals surface area (Å²) in [6.45, 7) is 8.71. The van der Waals surface area contributed by atoms with Gasteiger partial charge >= 0.3 is 0 Å². The lowest BCUT2D eigenvalue weighted by Crippen LogP contribution is -2.24. The van der Waals surface area contributed by atoms with Gasteiger partial charge in [0.1, 0.15) is 11.5 Å². The molecule has 6 nitrogen and oxygen atoms in total. The molecule has 0 spiro atoms. The fourth-order valence-electron chi connectivity index (χ4n) is 4.09. The van der Waals surface area contributed by atoms with E-state index in [1.807, 2.05) is 42.8 Å². The summed E-state index contributed by atoms with van der Waals surface area (Å²) in [7, 11) is 0. The summed E-state index contributed by atoms with van der Waals surface area (Å²) >= 11 is 0. The second-order valence-corrected chi connectivity index (χ2v) is 8.38. The van der Waals surface area contributed by atoms with Gasteiger partial charge in [-0.15, -0.1) is 0 Å². The number of nitrogens with zero attached hydrogens (tertiary/aromatic N) is 3. The highest BCUT2D eigenvalue weighted by Crippen LogP contribution is 2.27. The Morgan fingerprint density at radius 2 is 1.80 bits per heavy atom. The van der Waals surface area contributed by atoms with Crippen molar-refractivity contribution < 1.29 is 9.21 Å². The highest BCUT2D eigenvalue weighted by molar-refractivity contribution is 5.92. The van der Waals surface area contributed by atoms with Crippen LogP contribution in [-0.2, 0) is 11.3 Å². The number of rotatable bonds is 5. The first kappa shape index (κ1) is 20.4. The molecular weight excluding hydrogens is 376 g/mol. The van der Waals surface area contributed by atoms with Crippen LogP contribution >= 0.6 is 0 Å². The van der Waals surface area contributed by atoms with E-state index in [4.69, 9.17) is 9.40 Å². The third-order valence-corrected chi connectivity index (χ3v) is 6.31. The first-order valence-corrected chi connectivity index (χ1v) is 10.8. The number of hydrogen-bond donors (Lipinski definition) is 1. The first-order chi connectivity index (χ1) is 14.4. The number of benzene rings is 1. The van der Waals surface area contributed by atoms with Gasteiger partial charge in [0, 0.05) is 22.9 Å². The van der Waals surface area contributed by atoms with Crippen molar-refractivity contribution in [1.82, 2.24) is 14.8 Å². The van der Waals surface area contributed by atoms with Crippen LogP contribution in [0.3, 0.4) is 0 Å². The van der Waals surface area contributed by atoms with Crippen molar-refractivity contribution in [1.29, 1.82) is 0 Å². The molecule has 4 rings (SSSR count). The summed E-state index contributed by atoms with van der Waals surface area (Å²) < 4.78 is 7.90. The average molecular weight is 407 g/mol. The number of aryl methyl sites for hydroxylation is 2. The van der Waals surface area contributed by atoms with Crippen LogP contribution in [0.2, 0.25) is 0 Å². The maximum absolute atomic E-state index is 12.4. The lowest BCUT2D eigenvalue weighted by molar-refractivity contribution is -0.120. The summed E-state index contributed by atoms with van der Waals surface area (Å²) in [5.74, 6) is 1.67. The molecule has 1 amide bonds. The van der Waals surface area contributed by atoms with Crippen LogP contribution in [0.4, 0.5) is 5.69 Å². The molecule has 6 heteroatoms. The number of amides is 1. The van der Waals surface area contributed by atoms with Gasteiger partial charge in [-0.1, -0.05) is 19.3 Å². The van der Waals surface area contributed by atoms with Gasteiger partial charge < -0.3 is 9.73 Å². The fraction of sp³-hybridized carbons (Fsp3) is 0.458. The Kier molecular flexibility index (Phi) is 5.75. The van der Waals surface area contributed by atoms with Crippen LogP contribution < -0.4 is 5.32 Å². The molecule has 2 aromatic heterocycles. The Hall–Kier alpha value is -2.89. The minimum Gasteiger partial charge on any atom is -0.441 e. The topological polar surface area (TPSA) is 73.0 Å². The van der Waals surface area contributed by atoms with Crippen molar-refractivity contribution in [3.05, 3.63) is 52.7 Å². The number of carbonyl (C=O) groups is 1. The molecule has 30 heavy (non-hydrogen) atoms. The zero-order valence-electron chi connectivity index (χ0n) is 18.3. The highest BCUT2D eigenvalue weighted by Gasteiger charge is 2.21. The quantitative estimate of drug-likeness (QED) is 0.621. The Morgan fingerprint density at radius 1 is 1.10 bits per heavy atom. The van der Waals surface area contributed by atoms with E-state index in [0.717, 1.165) is 59.8 Å². The summed E-state index contributed by atoms with van der Waals surface area (Å²) in [4.78, 5) is 17.2. The van der Waals surface area contributed by atoms with Crippen LogP contribution in [0, 0.1) is 33.6 Å². The minimum absolute atomic E-state index is 0.136. The van der Waals surface area contributed by atoms with Gasteiger partial charge in [-0.3, -0.25) is 9.48 Å². The van der Waals surface area contributed by atoms with Crippen LogP contribution in [0.1, 0.15) is 60.5 Å². The molecule has 1 aliphatic carbocycles. The smallest absolute Gasteiger partial charge is 0.227 e.